The highest BCUT2D eigenvalue weighted by Gasteiger charge is 2.15. The molecule has 2 nitrogen and oxygen atoms in total. The molecule has 6 aromatic carbocycles. The Kier molecular flexibility index (Phi) is 8.88. The summed E-state index contributed by atoms with van der Waals surface area (Å²) in [5.41, 5.74) is 7.11. The zero-order chi connectivity index (χ0) is 31.0. The molecular formula is C40H29F3N2. The van der Waals surface area contributed by atoms with E-state index in [2.05, 4.69) is 70.5 Å². The number of rotatable bonds is 9. The van der Waals surface area contributed by atoms with Gasteiger partial charge in [-0.1, -0.05) is 91.0 Å². The number of hydrogen-bond acceptors (Lipinski definition) is 2. The lowest BCUT2D eigenvalue weighted by molar-refractivity contribution is 0.494. The first-order valence-corrected chi connectivity index (χ1v) is 14.5. The van der Waals surface area contributed by atoms with Crippen molar-refractivity contribution in [2.75, 3.05) is 9.80 Å². The van der Waals surface area contributed by atoms with Crippen LogP contribution in [0.4, 0.5) is 47.3 Å². The van der Waals surface area contributed by atoms with Crippen molar-refractivity contribution in [3.63, 3.8) is 0 Å². The van der Waals surface area contributed by atoms with Crippen LogP contribution in [0, 0.1) is 17.5 Å². The smallest absolute Gasteiger partial charge is 0.161 e. The van der Waals surface area contributed by atoms with Crippen LogP contribution in [0.1, 0.15) is 11.1 Å². The second-order valence-electron chi connectivity index (χ2n) is 10.3. The van der Waals surface area contributed by atoms with Gasteiger partial charge in [0.05, 0.1) is 0 Å². The Morgan fingerprint density at radius 2 is 0.711 bits per heavy atom. The Hall–Kier alpha value is -5.81. The van der Waals surface area contributed by atoms with E-state index in [0.29, 0.717) is 6.07 Å². The van der Waals surface area contributed by atoms with Crippen LogP contribution in [0.3, 0.4) is 0 Å². The molecule has 0 saturated heterocycles. The van der Waals surface area contributed by atoms with E-state index in [0.717, 1.165) is 45.8 Å². The highest BCUT2D eigenvalue weighted by Crippen LogP contribution is 2.38. The molecule has 0 amide bonds. The van der Waals surface area contributed by atoms with Gasteiger partial charge in [-0.25, -0.2) is 13.2 Å². The monoisotopic (exact) mass is 594 g/mol. The molecule has 6 rings (SSSR count). The third kappa shape index (κ3) is 6.89. The maximum absolute atomic E-state index is 13.9. The average molecular weight is 595 g/mol. The van der Waals surface area contributed by atoms with Gasteiger partial charge < -0.3 is 9.80 Å². The number of anilines is 6. The van der Waals surface area contributed by atoms with Crippen molar-refractivity contribution in [2.24, 2.45) is 0 Å². The van der Waals surface area contributed by atoms with E-state index in [1.54, 1.807) is 12.2 Å². The summed E-state index contributed by atoms with van der Waals surface area (Å²) in [5.74, 6) is -3.11. The zero-order valence-corrected chi connectivity index (χ0v) is 24.3. The van der Waals surface area contributed by atoms with Crippen LogP contribution in [0.15, 0.2) is 164 Å². The zero-order valence-electron chi connectivity index (χ0n) is 24.3. The topological polar surface area (TPSA) is 6.48 Å². The molecule has 0 fully saturated rings. The molecule has 220 valence electrons. The fourth-order valence-electron chi connectivity index (χ4n) is 5.10. The van der Waals surface area contributed by atoms with Gasteiger partial charge in [0.1, 0.15) is 5.82 Å². The Labute approximate surface area is 261 Å². The summed E-state index contributed by atoms with van der Waals surface area (Å²) in [6, 6.07) is 48.7. The van der Waals surface area contributed by atoms with Gasteiger partial charge in [-0.2, -0.15) is 0 Å². The molecule has 0 aliphatic heterocycles. The lowest BCUT2D eigenvalue weighted by Crippen LogP contribution is -2.12. The molecule has 5 heteroatoms. The molecular weight excluding hydrogens is 565 g/mol. The first kappa shape index (κ1) is 29.3. The predicted octanol–water partition coefficient (Wildman–Crippen LogP) is 11.8. The van der Waals surface area contributed by atoms with Gasteiger partial charge in [0.2, 0.25) is 0 Å². The summed E-state index contributed by atoms with van der Waals surface area (Å²) >= 11 is 0. The Morgan fingerprint density at radius 3 is 1.16 bits per heavy atom. The maximum Gasteiger partial charge on any atom is 0.161 e. The van der Waals surface area contributed by atoms with Gasteiger partial charge in [0, 0.05) is 45.8 Å². The van der Waals surface area contributed by atoms with E-state index in [1.807, 2.05) is 84.9 Å². The van der Waals surface area contributed by atoms with Crippen LogP contribution in [0.2, 0.25) is 0 Å². The molecule has 0 atom stereocenters. The quantitative estimate of drug-likeness (QED) is 0.121. The molecule has 0 aromatic heterocycles. The Morgan fingerprint density at radius 1 is 0.356 bits per heavy atom. The van der Waals surface area contributed by atoms with Gasteiger partial charge in [-0.05, 0) is 84.4 Å². The molecule has 0 unspecified atom stereocenters. The number of benzene rings is 6. The summed E-state index contributed by atoms with van der Waals surface area (Å²) in [6.07, 6.45) is 6.59. The van der Waals surface area contributed by atoms with Crippen molar-refractivity contribution in [3.05, 3.63) is 192 Å². The Balaban J connectivity index is 1.27. The molecule has 0 N–H and O–H groups in total. The number of allylic oxidation sites excluding steroid dienone is 2. The van der Waals surface area contributed by atoms with Gasteiger partial charge in [-0.15, -0.1) is 0 Å². The molecule has 0 aliphatic rings. The molecule has 6 aromatic rings. The second kappa shape index (κ2) is 13.7. The number of hydrogen-bond donors (Lipinski definition) is 0. The molecule has 0 aliphatic carbocycles. The van der Waals surface area contributed by atoms with E-state index in [4.69, 9.17) is 0 Å². The minimum absolute atomic E-state index is 0.0194. The Bertz CT molecular complexity index is 1860. The van der Waals surface area contributed by atoms with Crippen LogP contribution in [-0.4, -0.2) is 0 Å². The highest BCUT2D eigenvalue weighted by molar-refractivity contribution is 5.81. The standard InChI is InChI=1S/C40H29F3N2/c41-38-29-40(43)39(42)28-31(38)13-11-10-12-30-20-22-35(23-21-30)45(34-18-8-3-9-19-34)37-26-24-36(25-27-37)44(32-14-4-1-5-15-32)33-16-6-2-7-17-33/h1-29H. The highest BCUT2D eigenvalue weighted by atomic mass is 19.2. The summed E-state index contributed by atoms with van der Waals surface area (Å²) in [6.45, 7) is 0. The molecule has 45 heavy (non-hydrogen) atoms. The summed E-state index contributed by atoms with van der Waals surface area (Å²) in [4.78, 5) is 4.42. The van der Waals surface area contributed by atoms with E-state index < -0.39 is 17.5 Å². The minimum atomic E-state index is -1.21. The predicted molar refractivity (Wildman–Crippen MR) is 180 cm³/mol. The molecule has 0 saturated carbocycles. The van der Waals surface area contributed by atoms with Crippen molar-refractivity contribution < 1.29 is 13.2 Å². The molecule has 0 spiro atoms. The fourth-order valence-corrected chi connectivity index (χ4v) is 5.10. The van der Waals surface area contributed by atoms with Crippen LogP contribution < -0.4 is 9.80 Å². The van der Waals surface area contributed by atoms with Gasteiger partial charge in [-0.3, -0.25) is 0 Å². The summed E-state index contributed by atoms with van der Waals surface area (Å²) in [5, 5.41) is 0. The third-order valence-corrected chi connectivity index (χ3v) is 7.28. The molecule has 0 bridgehead atoms. The van der Waals surface area contributed by atoms with Crippen LogP contribution in [-0.2, 0) is 0 Å². The van der Waals surface area contributed by atoms with Crippen molar-refractivity contribution in [1.29, 1.82) is 0 Å². The van der Waals surface area contributed by atoms with E-state index in [1.165, 1.54) is 6.08 Å². The number of nitrogens with zero attached hydrogens (tertiary/aromatic N) is 2. The van der Waals surface area contributed by atoms with Gasteiger partial charge >= 0.3 is 0 Å². The maximum atomic E-state index is 13.9. The van der Waals surface area contributed by atoms with Gasteiger partial charge in [0.15, 0.2) is 11.6 Å². The van der Waals surface area contributed by atoms with Crippen molar-refractivity contribution in [1.82, 2.24) is 0 Å². The first-order chi connectivity index (χ1) is 22.1. The van der Waals surface area contributed by atoms with E-state index in [-0.39, 0.29) is 5.56 Å². The van der Waals surface area contributed by atoms with Gasteiger partial charge in [0.25, 0.3) is 0 Å². The molecule has 0 radical (unpaired) electrons. The van der Waals surface area contributed by atoms with Crippen molar-refractivity contribution in [2.45, 2.75) is 0 Å². The van der Waals surface area contributed by atoms with Crippen molar-refractivity contribution in [3.8, 4) is 0 Å². The van der Waals surface area contributed by atoms with Crippen molar-refractivity contribution >= 4 is 46.3 Å². The number of para-hydroxylation sites is 3. The minimum Gasteiger partial charge on any atom is -0.311 e. The van der Waals surface area contributed by atoms with E-state index in [9.17, 15) is 13.2 Å². The first-order valence-electron chi connectivity index (χ1n) is 14.5. The van der Waals surface area contributed by atoms with Crippen LogP contribution >= 0.6 is 0 Å². The third-order valence-electron chi connectivity index (χ3n) is 7.28. The van der Waals surface area contributed by atoms with Crippen LogP contribution in [0.5, 0.6) is 0 Å². The average Bonchev–Trinajstić information content (AvgIpc) is 3.08. The summed E-state index contributed by atoms with van der Waals surface area (Å²) in [7, 11) is 0. The van der Waals surface area contributed by atoms with Crippen LogP contribution in [0.25, 0.3) is 12.2 Å². The summed E-state index contributed by atoms with van der Waals surface area (Å²) < 4.78 is 40.6. The second-order valence-corrected chi connectivity index (χ2v) is 10.3. The lowest BCUT2D eigenvalue weighted by atomic mass is 10.1. The lowest BCUT2D eigenvalue weighted by Gasteiger charge is -2.28. The molecule has 0 heterocycles. The SMILES string of the molecule is Fc1cc(F)c(C=CC=Cc2ccc(N(c3ccccc3)c3ccc(N(c4ccccc4)c4ccccc4)cc3)cc2)cc1F. The fraction of sp³-hybridized carbons (Fsp3) is 0. The van der Waals surface area contributed by atoms with E-state index >= 15 is 0 Å². The normalized spacial score (nSPS) is 11.3. The number of halogens is 3. The largest absolute Gasteiger partial charge is 0.311 e.